The van der Waals surface area contributed by atoms with Crippen LogP contribution in [0.15, 0.2) is 16.9 Å². The average Bonchev–Trinajstić information content (AvgIpc) is 2.01. The van der Waals surface area contributed by atoms with Gasteiger partial charge in [-0.3, -0.25) is 4.79 Å². The molecule has 14 heavy (non-hydrogen) atoms. The molecule has 1 unspecified atom stereocenters. The summed E-state index contributed by atoms with van der Waals surface area (Å²) >= 11 is 5.39. The highest BCUT2D eigenvalue weighted by Gasteiger charge is 2.39. The molecule has 3 nitrogen and oxygen atoms in total. The molecule has 1 rings (SSSR count). The average molecular weight is 227 g/mol. The minimum absolute atomic E-state index is 0.348. The summed E-state index contributed by atoms with van der Waals surface area (Å²) in [6, 6.07) is -0.293. The summed E-state index contributed by atoms with van der Waals surface area (Å²) in [5.74, 6) is 0. The Hall–Kier alpha value is -1.01. The van der Waals surface area contributed by atoms with E-state index in [-0.39, 0.29) is 10.7 Å². The van der Waals surface area contributed by atoms with Gasteiger partial charge in [-0.2, -0.15) is 13.2 Å². The van der Waals surface area contributed by atoms with Crippen LogP contribution in [0.3, 0.4) is 0 Å². The Balaban J connectivity index is 3.14. The lowest BCUT2D eigenvalue weighted by atomic mass is 10.1. The number of hydrogen-bond acceptors (Lipinski definition) is 2. The molecule has 0 aromatic carbocycles. The molecule has 0 aliphatic heterocycles. The lowest BCUT2D eigenvalue weighted by Crippen LogP contribution is -2.29. The first-order valence-corrected chi connectivity index (χ1v) is 3.91. The van der Waals surface area contributed by atoms with E-state index in [1.807, 2.05) is 4.98 Å². The molecule has 0 bridgehead atoms. The number of alkyl halides is 3. The topological polar surface area (TPSA) is 58.9 Å². The van der Waals surface area contributed by atoms with Crippen LogP contribution in [0.5, 0.6) is 0 Å². The zero-order valence-corrected chi connectivity index (χ0v) is 7.49. The van der Waals surface area contributed by atoms with Crippen LogP contribution in [0.1, 0.15) is 11.6 Å². The van der Waals surface area contributed by atoms with E-state index in [4.69, 9.17) is 17.3 Å². The van der Waals surface area contributed by atoms with Gasteiger partial charge in [0.05, 0.1) is 0 Å². The second-order valence-electron chi connectivity index (χ2n) is 2.61. The van der Waals surface area contributed by atoms with Crippen LogP contribution in [0.25, 0.3) is 0 Å². The minimum atomic E-state index is -4.58. The monoisotopic (exact) mass is 226 g/mol. The number of aromatic amines is 1. The molecule has 0 amide bonds. The number of H-pyrrole nitrogens is 1. The number of nitrogens with one attached hydrogen (secondary N) is 1. The largest absolute Gasteiger partial charge is 0.407 e. The van der Waals surface area contributed by atoms with Crippen LogP contribution in [0.4, 0.5) is 13.2 Å². The van der Waals surface area contributed by atoms with Gasteiger partial charge < -0.3 is 10.7 Å². The SMILES string of the molecule is NC(c1ccc(=O)[nH]c1Cl)C(F)(F)F. The molecule has 1 aromatic rings. The number of pyridine rings is 1. The van der Waals surface area contributed by atoms with Gasteiger partial charge in [-0.25, -0.2) is 0 Å². The van der Waals surface area contributed by atoms with E-state index >= 15 is 0 Å². The molecule has 7 heteroatoms. The maximum atomic E-state index is 12.1. The van der Waals surface area contributed by atoms with E-state index < -0.39 is 17.8 Å². The number of hydrogen-bond donors (Lipinski definition) is 2. The number of aromatic nitrogens is 1. The quantitative estimate of drug-likeness (QED) is 0.715. The summed E-state index contributed by atoms with van der Waals surface area (Å²) in [6.45, 7) is 0. The maximum absolute atomic E-state index is 12.1. The fourth-order valence-electron chi connectivity index (χ4n) is 0.877. The summed E-state index contributed by atoms with van der Waals surface area (Å²) in [4.78, 5) is 12.7. The van der Waals surface area contributed by atoms with E-state index in [1.165, 1.54) is 0 Å². The van der Waals surface area contributed by atoms with Crippen molar-refractivity contribution >= 4 is 11.6 Å². The Bertz CT molecular complexity index is 387. The molecular weight excluding hydrogens is 221 g/mol. The standard InChI is InChI=1S/C7H6ClF3N2O/c8-6-3(1-2-4(14)13-6)5(12)7(9,10)11/h1-2,5H,12H2,(H,13,14). The summed E-state index contributed by atoms with van der Waals surface area (Å²) in [5.41, 5.74) is 3.97. The third kappa shape index (κ3) is 2.27. The van der Waals surface area contributed by atoms with E-state index in [1.54, 1.807) is 0 Å². The van der Waals surface area contributed by atoms with E-state index in [2.05, 4.69) is 0 Å². The number of halogens is 4. The Morgan fingerprint density at radius 2 is 2.00 bits per heavy atom. The first-order chi connectivity index (χ1) is 6.32. The lowest BCUT2D eigenvalue weighted by molar-refractivity contribution is -0.149. The molecule has 1 heterocycles. The minimum Gasteiger partial charge on any atom is -0.316 e. The van der Waals surface area contributed by atoms with Gasteiger partial charge in [-0.1, -0.05) is 11.6 Å². The van der Waals surface area contributed by atoms with Gasteiger partial charge in [-0.15, -0.1) is 0 Å². The predicted molar refractivity (Wildman–Crippen MR) is 45.1 cm³/mol. The maximum Gasteiger partial charge on any atom is 0.407 e. The van der Waals surface area contributed by atoms with Crippen molar-refractivity contribution in [2.24, 2.45) is 5.73 Å². The van der Waals surface area contributed by atoms with E-state index in [0.717, 1.165) is 12.1 Å². The van der Waals surface area contributed by atoms with Gasteiger partial charge in [-0.05, 0) is 6.07 Å². The van der Waals surface area contributed by atoms with Crippen molar-refractivity contribution in [3.05, 3.63) is 33.2 Å². The van der Waals surface area contributed by atoms with Crippen molar-refractivity contribution in [3.8, 4) is 0 Å². The summed E-state index contributed by atoms with van der Waals surface area (Å²) in [5, 5.41) is -0.387. The Morgan fingerprint density at radius 1 is 1.43 bits per heavy atom. The van der Waals surface area contributed by atoms with Gasteiger partial charge in [0, 0.05) is 11.6 Å². The van der Waals surface area contributed by atoms with Crippen LogP contribution >= 0.6 is 11.6 Å². The van der Waals surface area contributed by atoms with Crippen LogP contribution < -0.4 is 11.3 Å². The molecular formula is C7H6ClF3N2O. The number of rotatable bonds is 1. The van der Waals surface area contributed by atoms with Gasteiger partial charge >= 0.3 is 6.18 Å². The molecule has 0 saturated carbocycles. The van der Waals surface area contributed by atoms with Crippen molar-refractivity contribution in [1.29, 1.82) is 0 Å². The van der Waals surface area contributed by atoms with Crippen molar-refractivity contribution in [2.45, 2.75) is 12.2 Å². The van der Waals surface area contributed by atoms with Crippen molar-refractivity contribution in [3.63, 3.8) is 0 Å². The Morgan fingerprint density at radius 3 is 2.43 bits per heavy atom. The third-order valence-electron chi connectivity index (χ3n) is 1.59. The molecule has 0 aliphatic carbocycles. The molecule has 1 atom stereocenters. The summed E-state index contributed by atoms with van der Waals surface area (Å²) in [6.07, 6.45) is -4.58. The molecule has 1 aromatic heterocycles. The zero-order chi connectivity index (χ0) is 10.9. The Kier molecular flexibility index (Phi) is 2.86. The van der Waals surface area contributed by atoms with Crippen LogP contribution in [0.2, 0.25) is 5.15 Å². The molecule has 3 N–H and O–H groups in total. The van der Waals surface area contributed by atoms with Gasteiger partial charge in [0.25, 0.3) is 0 Å². The van der Waals surface area contributed by atoms with E-state index in [0.29, 0.717) is 0 Å². The fourth-order valence-corrected chi connectivity index (χ4v) is 1.15. The highest BCUT2D eigenvalue weighted by atomic mass is 35.5. The Labute approximate surface area is 81.7 Å². The second kappa shape index (κ2) is 3.62. The van der Waals surface area contributed by atoms with Gasteiger partial charge in [0.1, 0.15) is 11.2 Å². The normalized spacial score (nSPS) is 14.1. The highest BCUT2D eigenvalue weighted by Crippen LogP contribution is 2.32. The predicted octanol–water partition coefficient (Wildman–Crippen LogP) is 1.59. The summed E-state index contributed by atoms with van der Waals surface area (Å²) in [7, 11) is 0. The second-order valence-corrected chi connectivity index (χ2v) is 2.99. The molecule has 0 saturated heterocycles. The molecule has 0 fully saturated rings. The first kappa shape index (κ1) is 11.1. The molecule has 78 valence electrons. The van der Waals surface area contributed by atoms with Crippen LogP contribution in [-0.4, -0.2) is 11.2 Å². The first-order valence-electron chi connectivity index (χ1n) is 3.53. The van der Waals surface area contributed by atoms with Gasteiger partial charge in [0.15, 0.2) is 0 Å². The van der Waals surface area contributed by atoms with Crippen LogP contribution in [-0.2, 0) is 0 Å². The van der Waals surface area contributed by atoms with Crippen molar-refractivity contribution in [2.75, 3.05) is 0 Å². The molecule has 0 aliphatic rings. The van der Waals surface area contributed by atoms with E-state index in [9.17, 15) is 18.0 Å². The third-order valence-corrected chi connectivity index (χ3v) is 1.90. The number of nitrogens with two attached hydrogens (primary N) is 1. The fraction of sp³-hybridized carbons (Fsp3) is 0.286. The summed E-state index contributed by atoms with van der Waals surface area (Å²) < 4.78 is 36.4. The van der Waals surface area contributed by atoms with Gasteiger partial charge in [0.2, 0.25) is 5.56 Å². The van der Waals surface area contributed by atoms with Crippen molar-refractivity contribution in [1.82, 2.24) is 4.98 Å². The molecule has 0 spiro atoms. The highest BCUT2D eigenvalue weighted by molar-refractivity contribution is 6.30. The lowest BCUT2D eigenvalue weighted by Gasteiger charge is -2.16. The van der Waals surface area contributed by atoms with Crippen LogP contribution in [0, 0.1) is 0 Å². The smallest absolute Gasteiger partial charge is 0.316 e. The van der Waals surface area contributed by atoms with Crippen molar-refractivity contribution < 1.29 is 13.2 Å². The zero-order valence-electron chi connectivity index (χ0n) is 6.73. The molecule has 0 radical (unpaired) electrons.